The summed E-state index contributed by atoms with van der Waals surface area (Å²) in [5, 5.41) is 0. The maximum atomic E-state index is 13.4. The summed E-state index contributed by atoms with van der Waals surface area (Å²) in [6.07, 6.45) is 5.63. The number of allylic oxidation sites excluding steroid dienone is 2. The van der Waals surface area contributed by atoms with Crippen molar-refractivity contribution in [2.45, 2.75) is 6.42 Å². The van der Waals surface area contributed by atoms with Gasteiger partial charge in [-0.1, -0.05) is 60.7 Å². The van der Waals surface area contributed by atoms with Crippen LogP contribution in [0.3, 0.4) is 0 Å². The Morgan fingerprint density at radius 1 is 0.731 bits per heavy atom. The molecule has 3 nitrogen and oxygen atoms in total. The fourth-order valence-electron chi connectivity index (χ4n) is 5.72. The van der Waals surface area contributed by atoms with Gasteiger partial charge in [-0.15, -0.1) is 0 Å². The Bertz CT molecular complexity index is 927. The van der Waals surface area contributed by atoms with Gasteiger partial charge in [-0.05, 0) is 41.7 Å². The van der Waals surface area contributed by atoms with Crippen molar-refractivity contribution in [3.8, 4) is 11.1 Å². The predicted octanol–water partition coefficient (Wildman–Crippen LogP) is 3.91. The number of carbonyl (C=O) groups excluding carboxylic acids is 2. The van der Waals surface area contributed by atoms with Crippen molar-refractivity contribution >= 4 is 17.5 Å². The van der Waals surface area contributed by atoms with Gasteiger partial charge in [0.1, 0.15) is 0 Å². The highest BCUT2D eigenvalue weighted by molar-refractivity contribution is 6.24. The number of nitrogens with zero attached hydrogens (tertiary/aromatic N) is 1. The Balaban J connectivity index is 1.47. The van der Waals surface area contributed by atoms with Crippen LogP contribution in [0.5, 0.6) is 0 Å². The molecule has 1 aliphatic heterocycles. The van der Waals surface area contributed by atoms with Crippen LogP contribution in [0, 0.1) is 35.5 Å². The summed E-state index contributed by atoms with van der Waals surface area (Å²) in [7, 11) is 0. The number of rotatable bonds is 2. The minimum Gasteiger partial charge on any atom is -0.274 e. The lowest BCUT2D eigenvalue weighted by Crippen LogP contribution is -2.40. The summed E-state index contributed by atoms with van der Waals surface area (Å²) in [5.41, 5.74) is 2.71. The number of hydrogen-bond acceptors (Lipinski definition) is 2. The molecular weight excluding hydrogens is 322 g/mol. The zero-order valence-corrected chi connectivity index (χ0v) is 14.3. The van der Waals surface area contributed by atoms with Gasteiger partial charge in [-0.25, -0.2) is 4.90 Å². The second kappa shape index (κ2) is 4.94. The number of carbonyl (C=O) groups is 2. The first kappa shape index (κ1) is 14.5. The standard InChI is InChI=1S/C23H19NO2/c25-22-20-15-10-11-16(18-12-17(15)18)21(20)23(26)24(22)19-9-5-4-8-14(19)13-6-2-1-3-7-13/h1-11,15-18,20-21H,12H2/t15-,16-,17-,18-,20-,21+/m1/s1. The highest BCUT2D eigenvalue weighted by atomic mass is 16.2. The van der Waals surface area contributed by atoms with Gasteiger partial charge in [-0.3, -0.25) is 9.59 Å². The minimum absolute atomic E-state index is 0.00748. The maximum absolute atomic E-state index is 13.4. The average molecular weight is 341 g/mol. The van der Waals surface area contributed by atoms with Crippen LogP contribution in [0.15, 0.2) is 66.7 Å². The van der Waals surface area contributed by atoms with Crippen molar-refractivity contribution in [1.29, 1.82) is 0 Å². The third kappa shape index (κ3) is 1.73. The first-order chi connectivity index (χ1) is 12.8. The second-order valence-electron chi connectivity index (χ2n) is 8.05. The van der Waals surface area contributed by atoms with E-state index in [9.17, 15) is 9.59 Å². The molecule has 0 spiro atoms. The van der Waals surface area contributed by atoms with Gasteiger partial charge in [0.2, 0.25) is 11.8 Å². The van der Waals surface area contributed by atoms with Gasteiger partial charge in [0.05, 0.1) is 17.5 Å². The molecule has 6 atom stereocenters. The highest BCUT2D eigenvalue weighted by Gasteiger charge is 2.67. The molecule has 26 heavy (non-hydrogen) atoms. The zero-order chi connectivity index (χ0) is 17.4. The van der Waals surface area contributed by atoms with Crippen molar-refractivity contribution in [2.24, 2.45) is 35.5 Å². The van der Waals surface area contributed by atoms with E-state index in [-0.39, 0.29) is 35.5 Å². The number of imide groups is 1. The van der Waals surface area contributed by atoms with Crippen molar-refractivity contribution in [2.75, 3.05) is 4.90 Å². The minimum atomic E-state index is -0.148. The lowest BCUT2D eigenvalue weighted by Gasteiger charge is -2.37. The topological polar surface area (TPSA) is 37.4 Å². The molecule has 2 aromatic carbocycles. The average Bonchev–Trinajstić information content (AvgIpc) is 3.47. The van der Waals surface area contributed by atoms with Crippen LogP contribution >= 0.6 is 0 Å². The molecule has 3 fully saturated rings. The van der Waals surface area contributed by atoms with Crippen LogP contribution in [0.2, 0.25) is 0 Å². The second-order valence-corrected chi connectivity index (χ2v) is 8.05. The lowest BCUT2D eigenvalue weighted by atomic mass is 9.63. The number of amides is 2. The Hall–Kier alpha value is -2.68. The number of para-hydroxylation sites is 1. The van der Waals surface area contributed by atoms with Crippen LogP contribution in [0.25, 0.3) is 11.1 Å². The fraction of sp³-hybridized carbons (Fsp3) is 0.304. The number of benzene rings is 2. The largest absolute Gasteiger partial charge is 0.274 e. The van der Waals surface area contributed by atoms with E-state index in [0.29, 0.717) is 11.8 Å². The third-order valence-electron chi connectivity index (χ3n) is 6.89. The van der Waals surface area contributed by atoms with E-state index >= 15 is 0 Å². The Morgan fingerprint density at radius 3 is 1.96 bits per heavy atom. The summed E-state index contributed by atoms with van der Waals surface area (Å²) in [6.45, 7) is 0. The number of hydrogen-bond donors (Lipinski definition) is 0. The molecule has 2 aromatic rings. The predicted molar refractivity (Wildman–Crippen MR) is 99.1 cm³/mol. The molecule has 2 amide bonds. The molecule has 3 heteroatoms. The Morgan fingerprint density at radius 2 is 1.31 bits per heavy atom. The van der Waals surface area contributed by atoms with Crippen molar-refractivity contribution < 1.29 is 9.59 Å². The normalized spacial score (nSPS) is 36.2. The number of anilines is 1. The molecule has 0 radical (unpaired) electrons. The van der Waals surface area contributed by atoms with E-state index in [1.165, 1.54) is 11.3 Å². The fourth-order valence-corrected chi connectivity index (χ4v) is 5.72. The van der Waals surface area contributed by atoms with Crippen LogP contribution in [0.1, 0.15) is 6.42 Å². The Kier molecular flexibility index (Phi) is 2.75. The van der Waals surface area contributed by atoms with Gasteiger partial charge in [-0.2, -0.15) is 0 Å². The van der Waals surface area contributed by atoms with Crippen LogP contribution < -0.4 is 4.90 Å². The van der Waals surface area contributed by atoms with E-state index in [2.05, 4.69) is 12.2 Å². The molecule has 4 aliphatic carbocycles. The van der Waals surface area contributed by atoms with E-state index < -0.39 is 0 Å². The van der Waals surface area contributed by atoms with E-state index in [1.807, 2.05) is 54.6 Å². The highest BCUT2D eigenvalue weighted by Crippen LogP contribution is 2.65. The molecule has 2 bridgehead atoms. The summed E-state index contributed by atoms with van der Waals surface area (Å²) < 4.78 is 0. The van der Waals surface area contributed by atoms with Gasteiger partial charge >= 0.3 is 0 Å². The Labute approximate surface area is 152 Å². The monoisotopic (exact) mass is 341 g/mol. The first-order valence-electron chi connectivity index (χ1n) is 9.46. The molecule has 0 aromatic heterocycles. The van der Waals surface area contributed by atoms with Gasteiger partial charge in [0, 0.05) is 5.56 Å². The molecule has 0 unspecified atom stereocenters. The molecule has 7 rings (SSSR count). The van der Waals surface area contributed by atoms with Crippen molar-refractivity contribution in [3.05, 3.63) is 66.7 Å². The van der Waals surface area contributed by atoms with Gasteiger partial charge in [0.15, 0.2) is 0 Å². The smallest absolute Gasteiger partial charge is 0.238 e. The van der Waals surface area contributed by atoms with Crippen LogP contribution in [0.4, 0.5) is 5.69 Å². The van der Waals surface area contributed by atoms with Crippen molar-refractivity contribution in [1.82, 2.24) is 0 Å². The summed E-state index contributed by atoms with van der Waals surface area (Å²) >= 11 is 0. The summed E-state index contributed by atoms with van der Waals surface area (Å²) in [4.78, 5) is 28.2. The van der Waals surface area contributed by atoms with E-state index in [0.717, 1.165) is 16.8 Å². The summed E-state index contributed by atoms with van der Waals surface area (Å²) in [5.74, 6) is 1.51. The van der Waals surface area contributed by atoms with Crippen molar-refractivity contribution in [3.63, 3.8) is 0 Å². The van der Waals surface area contributed by atoms with E-state index in [4.69, 9.17) is 0 Å². The van der Waals surface area contributed by atoms with Gasteiger partial charge < -0.3 is 0 Å². The first-order valence-corrected chi connectivity index (χ1v) is 9.46. The van der Waals surface area contributed by atoms with Crippen LogP contribution in [-0.4, -0.2) is 11.8 Å². The SMILES string of the molecule is O=C1[C@@H]2[C@@H]3C=C[C@H]([C@H]4C[C@H]34)[C@@H]2C(=O)N1c1ccccc1-c1ccccc1. The van der Waals surface area contributed by atoms with E-state index in [1.54, 1.807) is 0 Å². The molecule has 1 heterocycles. The maximum Gasteiger partial charge on any atom is 0.238 e. The van der Waals surface area contributed by atoms with Gasteiger partial charge in [0.25, 0.3) is 0 Å². The third-order valence-corrected chi connectivity index (χ3v) is 6.89. The molecule has 128 valence electrons. The lowest BCUT2D eigenvalue weighted by molar-refractivity contribution is -0.124. The molecule has 1 saturated heterocycles. The molecular formula is C23H19NO2. The molecule has 2 saturated carbocycles. The molecule has 0 N–H and O–H groups in total. The molecule has 5 aliphatic rings. The quantitative estimate of drug-likeness (QED) is 0.613. The summed E-state index contributed by atoms with van der Waals surface area (Å²) in [6, 6.07) is 17.8. The zero-order valence-electron chi connectivity index (χ0n) is 14.3. The van der Waals surface area contributed by atoms with Crippen LogP contribution in [-0.2, 0) is 9.59 Å².